The SMILES string of the molecule is CCC(NC(=O)c1ccc2c(c1)/C(=C/c1[nH]c(C)c(CCC(=O)O)c1C)C(=O)N2)c1ccc(F)c(F)c1. The van der Waals surface area contributed by atoms with Crippen molar-refractivity contribution in [3.63, 3.8) is 0 Å². The van der Waals surface area contributed by atoms with Crippen LogP contribution >= 0.6 is 0 Å². The average Bonchev–Trinajstić information content (AvgIpc) is 3.31. The maximum atomic E-state index is 13.7. The second-order valence-corrected chi connectivity index (χ2v) is 9.04. The van der Waals surface area contributed by atoms with E-state index < -0.39 is 29.6 Å². The molecule has 2 aromatic carbocycles. The predicted octanol–water partition coefficient (Wildman–Crippen LogP) is 5.30. The number of aliphatic carboxylic acids is 1. The summed E-state index contributed by atoms with van der Waals surface area (Å²) in [5, 5.41) is 14.7. The summed E-state index contributed by atoms with van der Waals surface area (Å²) in [7, 11) is 0. The standard InChI is InChI=1S/C28H27F2N3O4/c1-4-23(16-5-8-21(29)22(30)12-16)32-27(36)17-6-9-24-19(11-17)20(28(37)33-24)13-25-14(2)18(15(3)31-25)7-10-26(34)35/h5-6,8-9,11-13,23,31H,4,7,10H2,1-3H3,(H,32,36)(H,33,37)(H,34,35)/b20-13-. The number of amides is 2. The van der Waals surface area contributed by atoms with Crippen molar-refractivity contribution >= 4 is 35.1 Å². The van der Waals surface area contributed by atoms with E-state index in [2.05, 4.69) is 15.6 Å². The minimum absolute atomic E-state index is 0.000648. The maximum Gasteiger partial charge on any atom is 0.303 e. The topological polar surface area (TPSA) is 111 Å². The van der Waals surface area contributed by atoms with Crippen molar-refractivity contribution in [1.29, 1.82) is 0 Å². The van der Waals surface area contributed by atoms with Crippen LogP contribution in [0.3, 0.4) is 0 Å². The zero-order valence-corrected chi connectivity index (χ0v) is 20.7. The first-order valence-corrected chi connectivity index (χ1v) is 11.9. The number of carbonyl (C=O) groups excluding carboxylic acids is 2. The van der Waals surface area contributed by atoms with Crippen LogP contribution in [-0.2, 0) is 16.0 Å². The van der Waals surface area contributed by atoms with Gasteiger partial charge in [-0.15, -0.1) is 0 Å². The number of carboxylic acids is 1. The Kier molecular flexibility index (Phi) is 7.24. The minimum atomic E-state index is -0.983. The number of benzene rings is 2. The van der Waals surface area contributed by atoms with E-state index in [1.54, 1.807) is 24.3 Å². The summed E-state index contributed by atoms with van der Waals surface area (Å²) in [5.41, 5.74) is 5.52. The average molecular weight is 508 g/mol. The molecule has 0 aliphatic carbocycles. The molecule has 0 saturated carbocycles. The second kappa shape index (κ2) is 10.4. The monoisotopic (exact) mass is 507 g/mol. The highest BCUT2D eigenvalue weighted by molar-refractivity contribution is 6.35. The first-order chi connectivity index (χ1) is 17.6. The third kappa shape index (κ3) is 5.30. The van der Waals surface area contributed by atoms with Gasteiger partial charge in [0, 0.05) is 34.6 Å². The molecule has 192 valence electrons. The Morgan fingerprint density at radius 2 is 1.86 bits per heavy atom. The van der Waals surface area contributed by atoms with Crippen molar-refractivity contribution in [1.82, 2.24) is 10.3 Å². The van der Waals surface area contributed by atoms with E-state index in [4.69, 9.17) is 5.11 Å². The van der Waals surface area contributed by atoms with Gasteiger partial charge in [-0.2, -0.15) is 0 Å². The summed E-state index contributed by atoms with van der Waals surface area (Å²) in [6.07, 6.45) is 2.53. The Bertz CT molecular complexity index is 1440. The van der Waals surface area contributed by atoms with Crippen LogP contribution in [0.4, 0.5) is 14.5 Å². The van der Waals surface area contributed by atoms with Gasteiger partial charge in [-0.3, -0.25) is 14.4 Å². The number of aromatic amines is 1. The number of fused-ring (bicyclic) bond motifs is 1. The second-order valence-electron chi connectivity index (χ2n) is 9.04. The molecule has 0 bridgehead atoms. The van der Waals surface area contributed by atoms with Crippen LogP contribution in [0.1, 0.15) is 69.8 Å². The van der Waals surface area contributed by atoms with E-state index in [1.165, 1.54) is 6.07 Å². The Morgan fingerprint density at radius 1 is 1.11 bits per heavy atom. The highest BCUT2D eigenvalue weighted by Crippen LogP contribution is 2.35. The molecule has 1 atom stereocenters. The number of carbonyl (C=O) groups is 3. The zero-order chi connectivity index (χ0) is 26.9. The van der Waals surface area contributed by atoms with Gasteiger partial charge in [0.25, 0.3) is 11.8 Å². The van der Waals surface area contributed by atoms with Crippen molar-refractivity contribution in [2.45, 2.75) is 46.1 Å². The summed E-state index contributed by atoms with van der Waals surface area (Å²) >= 11 is 0. The van der Waals surface area contributed by atoms with Crippen LogP contribution in [0.5, 0.6) is 0 Å². The minimum Gasteiger partial charge on any atom is -0.481 e. The maximum absolute atomic E-state index is 13.7. The third-order valence-corrected chi connectivity index (χ3v) is 6.63. The van der Waals surface area contributed by atoms with Gasteiger partial charge >= 0.3 is 5.97 Å². The number of rotatable bonds is 8. The number of hydrogen-bond donors (Lipinski definition) is 4. The van der Waals surface area contributed by atoms with Crippen molar-refractivity contribution < 1.29 is 28.3 Å². The highest BCUT2D eigenvalue weighted by Gasteiger charge is 2.27. The number of aromatic nitrogens is 1. The molecule has 4 N–H and O–H groups in total. The van der Waals surface area contributed by atoms with Gasteiger partial charge in [0.05, 0.1) is 11.6 Å². The number of H-pyrrole nitrogens is 1. The fourth-order valence-corrected chi connectivity index (χ4v) is 4.58. The third-order valence-electron chi connectivity index (χ3n) is 6.63. The van der Waals surface area contributed by atoms with Crippen molar-refractivity contribution in [2.75, 3.05) is 5.32 Å². The Labute approximate surface area is 212 Å². The van der Waals surface area contributed by atoms with Crippen LogP contribution < -0.4 is 10.6 Å². The smallest absolute Gasteiger partial charge is 0.303 e. The number of carboxylic acid groups (broad SMARTS) is 1. The summed E-state index contributed by atoms with van der Waals surface area (Å²) in [4.78, 5) is 40.1. The molecule has 1 aromatic heterocycles. The molecule has 37 heavy (non-hydrogen) atoms. The number of anilines is 1. The van der Waals surface area contributed by atoms with Gasteiger partial charge in [0.15, 0.2) is 11.6 Å². The van der Waals surface area contributed by atoms with E-state index in [0.29, 0.717) is 46.5 Å². The molecule has 1 aliphatic heterocycles. The molecule has 7 nitrogen and oxygen atoms in total. The van der Waals surface area contributed by atoms with Gasteiger partial charge < -0.3 is 20.7 Å². The molecule has 9 heteroatoms. The molecule has 0 fully saturated rings. The molecule has 2 heterocycles. The van der Waals surface area contributed by atoms with Crippen molar-refractivity contribution in [3.05, 3.63) is 87.2 Å². The Balaban J connectivity index is 1.62. The van der Waals surface area contributed by atoms with Gasteiger partial charge in [-0.1, -0.05) is 13.0 Å². The molecule has 1 unspecified atom stereocenters. The van der Waals surface area contributed by atoms with Crippen LogP contribution in [0.15, 0.2) is 36.4 Å². The molecular formula is C28H27F2N3O4. The van der Waals surface area contributed by atoms with Gasteiger partial charge in [0.2, 0.25) is 0 Å². The normalized spacial score (nSPS) is 14.4. The van der Waals surface area contributed by atoms with E-state index >= 15 is 0 Å². The Hall–Kier alpha value is -4.27. The molecule has 0 saturated heterocycles. The van der Waals surface area contributed by atoms with Crippen molar-refractivity contribution in [2.24, 2.45) is 0 Å². The van der Waals surface area contributed by atoms with Crippen LogP contribution in [0.2, 0.25) is 0 Å². The van der Waals surface area contributed by atoms with E-state index in [1.807, 2.05) is 20.8 Å². The van der Waals surface area contributed by atoms with Gasteiger partial charge in [-0.25, -0.2) is 8.78 Å². The lowest BCUT2D eigenvalue weighted by molar-refractivity contribution is -0.137. The van der Waals surface area contributed by atoms with E-state index in [0.717, 1.165) is 29.0 Å². The van der Waals surface area contributed by atoms with E-state index in [-0.39, 0.29) is 12.3 Å². The van der Waals surface area contributed by atoms with Crippen LogP contribution in [0, 0.1) is 25.5 Å². The highest BCUT2D eigenvalue weighted by atomic mass is 19.2. The van der Waals surface area contributed by atoms with Crippen LogP contribution in [-0.4, -0.2) is 27.9 Å². The lowest BCUT2D eigenvalue weighted by atomic mass is 10.00. The molecule has 0 spiro atoms. The molecule has 0 radical (unpaired) electrons. The summed E-state index contributed by atoms with van der Waals surface area (Å²) in [6, 6.07) is 7.85. The number of halogens is 2. The predicted molar refractivity (Wildman–Crippen MR) is 136 cm³/mol. The molecule has 1 aliphatic rings. The lowest BCUT2D eigenvalue weighted by Gasteiger charge is -2.18. The molecule has 2 amide bonds. The largest absolute Gasteiger partial charge is 0.481 e. The molecule has 4 rings (SSSR count). The molecular weight excluding hydrogens is 480 g/mol. The van der Waals surface area contributed by atoms with Crippen molar-refractivity contribution in [3.8, 4) is 0 Å². The zero-order valence-electron chi connectivity index (χ0n) is 20.7. The molecule has 3 aromatic rings. The summed E-state index contributed by atoms with van der Waals surface area (Å²) in [6.45, 7) is 5.55. The number of nitrogens with one attached hydrogen (secondary N) is 3. The van der Waals surface area contributed by atoms with Gasteiger partial charge in [0.1, 0.15) is 0 Å². The Morgan fingerprint density at radius 3 is 2.54 bits per heavy atom. The summed E-state index contributed by atoms with van der Waals surface area (Å²) in [5.74, 6) is -3.56. The first kappa shape index (κ1) is 25.8. The number of aryl methyl sites for hydroxylation is 1. The van der Waals surface area contributed by atoms with E-state index in [9.17, 15) is 23.2 Å². The first-order valence-electron chi connectivity index (χ1n) is 11.9. The fourth-order valence-electron chi connectivity index (χ4n) is 4.58. The fraction of sp³-hybridized carbons (Fsp3) is 0.250. The number of hydrogen-bond acceptors (Lipinski definition) is 3. The quantitative estimate of drug-likeness (QED) is 0.310. The summed E-state index contributed by atoms with van der Waals surface area (Å²) < 4.78 is 27.1. The lowest BCUT2D eigenvalue weighted by Crippen LogP contribution is -2.28. The van der Waals surface area contributed by atoms with Crippen LogP contribution in [0.25, 0.3) is 11.6 Å². The van der Waals surface area contributed by atoms with Gasteiger partial charge in [-0.05, 0) is 79.8 Å².